The lowest BCUT2D eigenvalue weighted by Gasteiger charge is -2.30. The highest BCUT2D eigenvalue weighted by Gasteiger charge is 2.30. The number of rotatable bonds is 5. The van der Waals surface area contributed by atoms with Crippen LogP contribution < -0.4 is 5.32 Å². The van der Waals surface area contributed by atoms with Gasteiger partial charge in [0.1, 0.15) is 0 Å². The third-order valence-electron chi connectivity index (χ3n) is 4.99. The molecule has 0 bridgehead atoms. The first kappa shape index (κ1) is 16.3. The van der Waals surface area contributed by atoms with Crippen LogP contribution in [0.1, 0.15) is 37.1 Å². The van der Waals surface area contributed by atoms with Gasteiger partial charge in [0.25, 0.3) is 0 Å². The van der Waals surface area contributed by atoms with Crippen molar-refractivity contribution in [1.82, 2.24) is 20.4 Å². The van der Waals surface area contributed by atoms with Crippen molar-refractivity contribution in [3.05, 3.63) is 35.7 Å². The fraction of sp³-hybridized carbons (Fsp3) is 0.526. The molecule has 2 fully saturated rings. The number of aromatic nitrogens is 2. The summed E-state index contributed by atoms with van der Waals surface area (Å²) in [6.07, 6.45) is 4.09. The third kappa shape index (κ3) is 4.07. The number of carbonyl (C=O) groups is 1. The molecule has 0 unspecified atom stereocenters. The summed E-state index contributed by atoms with van der Waals surface area (Å²) >= 11 is 0. The van der Waals surface area contributed by atoms with E-state index in [1.165, 1.54) is 5.56 Å². The number of hydrogen-bond donors (Lipinski definition) is 1. The fourth-order valence-corrected chi connectivity index (χ4v) is 3.31. The van der Waals surface area contributed by atoms with Crippen LogP contribution >= 0.6 is 0 Å². The Balaban J connectivity index is 1.31. The van der Waals surface area contributed by atoms with Crippen LogP contribution in [-0.2, 0) is 11.3 Å². The minimum atomic E-state index is 0.155. The van der Waals surface area contributed by atoms with Crippen molar-refractivity contribution in [1.29, 1.82) is 0 Å². The molecule has 4 rings (SSSR count). The molecule has 6 nitrogen and oxygen atoms in total. The second-order valence-corrected chi connectivity index (χ2v) is 7.21. The van der Waals surface area contributed by atoms with E-state index in [9.17, 15) is 4.79 Å². The van der Waals surface area contributed by atoms with Crippen LogP contribution in [0, 0.1) is 12.8 Å². The maximum Gasteiger partial charge on any atom is 0.241 e. The maximum atomic E-state index is 12.1. The number of aryl methyl sites for hydroxylation is 1. The van der Waals surface area contributed by atoms with Gasteiger partial charge in [-0.2, -0.15) is 4.98 Å². The molecule has 1 aliphatic heterocycles. The fourth-order valence-electron chi connectivity index (χ4n) is 3.31. The van der Waals surface area contributed by atoms with Crippen molar-refractivity contribution in [2.45, 2.75) is 45.2 Å². The number of amides is 1. The quantitative estimate of drug-likeness (QED) is 0.906. The average molecular weight is 340 g/mol. The topological polar surface area (TPSA) is 71.3 Å². The Morgan fingerprint density at radius 1 is 1.28 bits per heavy atom. The van der Waals surface area contributed by atoms with Gasteiger partial charge < -0.3 is 9.84 Å². The predicted molar refractivity (Wildman–Crippen MR) is 93.6 cm³/mol. The summed E-state index contributed by atoms with van der Waals surface area (Å²) in [6, 6.07) is 8.54. The highest BCUT2D eigenvalue weighted by molar-refractivity contribution is 5.79. The Morgan fingerprint density at radius 2 is 2.08 bits per heavy atom. The molecule has 2 heterocycles. The molecular weight excluding hydrogens is 316 g/mol. The number of carbonyl (C=O) groups excluding carboxylic acids is 1. The minimum Gasteiger partial charge on any atom is -0.353 e. The second kappa shape index (κ2) is 6.96. The standard InChI is InChI=1S/C19H24N4O2/c1-13-3-2-4-15(11-13)18-21-17(25-22-18)12-23-9-7-14(8-10-23)19(24)20-16-5-6-16/h2-4,11,14,16H,5-10,12H2,1H3,(H,20,24). The zero-order chi connectivity index (χ0) is 17.2. The Bertz CT molecular complexity index is 745. The normalized spacial score (nSPS) is 19.1. The van der Waals surface area contributed by atoms with E-state index in [0.29, 0.717) is 24.3 Å². The molecule has 6 heteroatoms. The van der Waals surface area contributed by atoms with Crippen molar-refractivity contribution < 1.29 is 9.32 Å². The van der Waals surface area contributed by atoms with Crippen molar-refractivity contribution in [3.63, 3.8) is 0 Å². The molecule has 1 saturated carbocycles. The summed E-state index contributed by atoms with van der Waals surface area (Å²) in [5.74, 6) is 1.67. The van der Waals surface area contributed by atoms with Gasteiger partial charge in [-0.1, -0.05) is 28.9 Å². The van der Waals surface area contributed by atoms with Crippen molar-refractivity contribution >= 4 is 5.91 Å². The van der Waals surface area contributed by atoms with Crippen LogP contribution in [0.3, 0.4) is 0 Å². The van der Waals surface area contributed by atoms with E-state index in [0.717, 1.165) is 44.3 Å². The molecule has 1 aromatic carbocycles. The van der Waals surface area contributed by atoms with E-state index >= 15 is 0 Å². The molecule has 2 aliphatic rings. The summed E-state index contributed by atoms with van der Waals surface area (Å²) in [5, 5.41) is 7.21. The van der Waals surface area contributed by atoms with Gasteiger partial charge in [0.15, 0.2) is 0 Å². The third-order valence-corrected chi connectivity index (χ3v) is 4.99. The Hall–Kier alpha value is -2.21. The van der Waals surface area contributed by atoms with Crippen molar-refractivity contribution in [2.24, 2.45) is 5.92 Å². The van der Waals surface area contributed by atoms with E-state index in [1.54, 1.807) is 0 Å². The van der Waals surface area contributed by atoms with Crippen molar-refractivity contribution in [2.75, 3.05) is 13.1 Å². The van der Waals surface area contributed by atoms with Crippen LogP contribution in [-0.4, -0.2) is 40.1 Å². The Labute approximate surface area is 147 Å². The molecule has 1 aliphatic carbocycles. The number of benzene rings is 1. The first-order chi connectivity index (χ1) is 12.2. The molecule has 2 aromatic rings. The van der Waals surface area contributed by atoms with Gasteiger partial charge in [0.2, 0.25) is 17.6 Å². The molecule has 132 valence electrons. The highest BCUT2D eigenvalue weighted by Crippen LogP contribution is 2.24. The zero-order valence-electron chi connectivity index (χ0n) is 14.6. The molecular formula is C19H24N4O2. The van der Waals surface area contributed by atoms with Gasteiger partial charge in [0, 0.05) is 17.5 Å². The summed E-state index contributed by atoms with van der Waals surface area (Å²) < 4.78 is 5.41. The van der Waals surface area contributed by atoms with Crippen LogP contribution in [0.4, 0.5) is 0 Å². The second-order valence-electron chi connectivity index (χ2n) is 7.21. The lowest BCUT2D eigenvalue weighted by Crippen LogP contribution is -2.40. The van der Waals surface area contributed by atoms with Gasteiger partial charge in [-0.25, -0.2) is 0 Å². The van der Waals surface area contributed by atoms with Gasteiger partial charge in [-0.05, 0) is 51.8 Å². The lowest BCUT2D eigenvalue weighted by atomic mass is 9.96. The monoisotopic (exact) mass is 340 g/mol. The minimum absolute atomic E-state index is 0.155. The lowest BCUT2D eigenvalue weighted by molar-refractivity contribution is -0.126. The van der Waals surface area contributed by atoms with Gasteiger partial charge in [-0.3, -0.25) is 9.69 Å². The van der Waals surface area contributed by atoms with Gasteiger partial charge in [0.05, 0.1) is 6.54 Å². The molecule has 1 amide bonds. The van der Waals surface area contributed by atoms with E-state index in [2.05, 4.69) is 26.4 Å². The molecule has 1 N–H and O–H groups in total. The number of nitrogens with zero attached hydrogens (tertiary/aromatic N) is 3. The van der Waals surface area contributed by atoms with Gasteiger partial charge in [-0.15, -0.1) is 0 Å². The molecule has 0 atom stereocenters. The predicted octanol–water partition coefficient (Wildman–Crippen LogP) is 2.54. The van der Waals surface area contributed by atoms with Crippen LogP contribution in [0.15, 0.2) is 28.8 Å². The largest absolute Gasteiger partial charge is 0.353 e. The van der Waals surface area contributed by atoms with E-state index in [-0.39, 0.29) is 11.8 Å². The van der Waals surface area contributed by atoms with E-state index in [4.69, 9.17) is 4.52 Å². The molecule has 25 heavy (non-hydrogen) atoms. The number of likely N-dealkylation sites (tertiary alicyclic amines) is 1. The summed E-state index contributed by atoms with van der Waals surface area (Å²) in [5.41, 5.74) is 2.15. The Kier molecular flexibility index (Phi) is 4.53. The van der Waals surface area contributed by atoms with E-state index in [1.807, 2.05) is 25.1 Å². The summed E-state index contributed by atoms with van der Waals surface area (Å²) in [7, 11) is 0. The number of hydrogen-bond acceptors (Lipinski definition) is 5. The molecule has 0 spiro atoms. The maximum absolute atomic E-state index is 12.1. The zero-order valence-corrected chi connectivity index (χ0v) is 14.6. The van der Waals surface area contributed by atoms with Gasteiger partial charge >= 0.3 is 0 Å². The van der Waals surface area contributed by atoms with Crippen LogP contribution in [0.5, 0.6) is 0 Å². The summed E-state index contributed by atoms with van der Waals surface area (Å²) in [4.78, 5) is 18.9. The van der Waals surface area contributed by atoms with E-state index < -0.39 is 0 Å². The number of piperidine rings is 1. The van der Waals surface area contributed by atoms with Crippen LogP contribution in [0.25, 0.3) is 11.4 Å². The molecule has 0 radical (unpaired) electrons. The number of nitrogens with one attached hydrogen (secondary N) is 1. The average Bonchev–Trinajstić information content (AvgIpc) is 3.30. The molecule has 1 saturated heterocycles. The smallest absolute Gasteiger partial charge is 0.241 e. The van der Waals surface area contributed by atoms with Crippen molar-refractivity contribution in [3.8, 4) is 11.4 Å². The van der Waals surface area contributed by atoms with Crippen LogP contribution in [0.2, 0.25) is 0 Å². The first-order valence-electron chi connectivity index (χ1n) is 9.10. The highest BCUT2D eigenvalue weighted by atomic mass is 16.5. The Morgan fingerprint density at radius 3 is 2.80 bits per heavy atom. The first-order valence-corrected chi connectivity index (χ1v) is 9.10. The molecule has 1 aromatic heterocycles. The SMILES string of the molecule is Cc1cccc(-c2noc(CN3CCC(C(=O)NC4CC4)CC3)n2)c1. The summed E-state index contributed by atoms with van der Waals surface area (Å²) in [6.45, 7) is 4.49.